The van der Waals surface area contributed by atoms with E-state index in [2.05, 4.69) is 31.1 Å². The lowest BCUT2D eigenvalue weighted by Crippen LogP contribution is -2.42. The number of H-pyrrole nitrogens is 1. The van der Waals surface area contributed by atoms with Gasteiger partial charge in [0.05, 0.1) is 0 Å². The standard InChI is InChI=1S/C23H25N3O2/c1-23(2,3)14-26-20(17-9-4-5-10-18(17)22(26)28)21(27)25-13-15-12-24-19-11-7-6-8-16(15)19/h4-12,20,24H,13-14H2,1-3H3,(H,25,27). The third kappa shape index (κ3) is 3.28. The van der Waals surface area contributed by atoms with Gasteiger partial charge in [-0.1, -0.05) is 57.2 Å². The Morgan fingerprint density at radius 3 is 2.61 bits per heavy atom. The Labute approximate surface area is 164 Å². The van der Waals surface area contributed by atoms with Gasteiger partial charge in [0.25, 0.3) is 5.91 Å². The van der Waals surface area contributed by atoms with E-state index in [1.54, 1.807) is 11.0 Å². The molecule has 1 aliphatic heterocycles. The first-order chi connectivity index (χ1) is 13.3. The molecule has 2 N–H and O–H groups in total. The van der Waals surface area contributed by atoms with Crippen molar-refractivity contribution in [1.82, 2.24) is 15.2 Å². The van der Waals surface area contributed by atoms with E-state index in [-0.39, 0.29) is 17.2 Å². The summed E-state index contributed by atoms with van der Waals surface area (Å²) < 4.78 is 0. The Morgan fingerprint density at radius 2 is 1.82 bits per heavy atom. The molecule has 0 bridgehead atoms. The van der Waals surface area contributed by atoms with E-state index in [0.717, 1.165) is 22.0 Å². The first-order valence-electron chi connectivity index (χ1n) is 9.58. The predicted octanol–water partition coefficient (Wildman–Crippen LogP) is 4.03. The summed E-state index contributed by atoms with van der Waals surface area (Å²) in [5, 5.41) is 4.14. The zero-order chi connectivity index (χ0) is 19.9. The van der Waals surface area contributed by atoms with E-state index in [4.69, 9.17) is 0 Å². The number of benzene rings is 2. The van der Waals surface area contributed by atoms with Crippen molar-refractivity contribution in [2.24, 2.45) is 5.41 Å². The maximum Gasteiger partial charge on any atom is 0.255 e. The number of nitrogens with one attached hydrogen (secondary N) is 2. The van der Waals surface area contributed by atoms with Crippen LogP contribution in [-0.2, 0) is 11.3 Å². The van der Waals surface area contributed by atoms with Gasteiger partial charge in [0.15, 0.2) is 0 Å². The molecule has 0 radical (unpaired) electrons. The predicted molar refractivity (Wildman–Crippen MR) is 110 cm³/mol. The molecule has 2 heterocycles. The first kappa shape index (κ1) is 18.3. The lowest BCUT2D eigenvalue weighted by atomic mass is 9.95. The van der Waals surface area contributed by atoms with Gasteiger partial charge >= 0.3 is 0 Å². The summed E-state index contributed by atoms with van der Waals surface area (Å²) in [6, 6.07) is 14.8. The molecule has 4 rings (SSSR count). The van der Waals surface area contributed by atoms with Crippen LogP contribution in [0.5, 0.6) is 0 Å². The van der Waals surface area contributed by atoms with E-state index in [0.29, 0.717) is 18.7 Å². The summed E-state index contributed by atoms with van der Waals surface area (Å²) in [5.74, 6) is -0.217. The number of aromatic nitrogens is 1. The molecular weight excluding hydrogens is 350 g/mol. The average molecular weight is 375 g/mol. The molecule has 5 heteroatoms. The molecule has 1 unspecified atom stereocenters. The number of carbonyl (C=O) groups is 2. The van der Waals surface area contributed by atoms with Gasteiger partial charge in [0.1, 0.15) is 6.04 Å². The Hall–Kier alpha value is -3.08. The van der Waals surface area contributed by atoms with Crippen LogP contribution in [0.4, 0.5) is 0 Å². The number of aromatic amines is 1. The van der Waals surface area contributed by atoms with Crippen molar-refractivity contribution in [2.75, 3.05) is 6.54 Å². The van der Waals surface area contributed by atoms with Gasteiger partial charge in [-0.2, -0.15) is 0 Å². The molecular formula is C23H25N3O2. The van der Waals surface area contributed by atoms with Gasteiger partial charge < -0.3 is 15.2 Å². The van der Waals surface area contributed by atoms with Gasteiger partial charge in [0.2, 0.25) is 5.91 Å². The molecule has 2 amide bonds. The summed E-state index contributed by atoms with van der Waals surface area (Å²) in [6.07, 6.45) is 1.92. The fourth-order valence-corrected chi connectivity index (χ4v) is 3.88. The van der Waals surface area contributed by atoms with Crippen LogP contribution in [0.2, 0.25) is 0 Å². The second kappa shape index (κ2) is 6.82. The quantitative estimate of drug-likeness (QED) is 0.723. The average Bonchev–Trinajstić information content (AvgIpc) is 3.19. The van der Waals surface area contributed by atoms with Crippen molar-refractivity contribution in [1.29, 1.82) is 0 Å². The van der Waals surface area contributed by atoms with Crippen LogP contribution >= 0.6 is 0 Å². The Balaban J connectivity index is 1.59. The molecule has 0 aliphatic carbocycles. The first-order valence-corrected chi connectivity index (χ1v) is 9.58. The van der Waals surface area contributed by atoms with Crippen LogP contribution < -0.4 is 5.32 Å². The molecule has 1 aliphatic rings. The Bertz CT molecular complexity index is 1050. The highest BCUT2D eigenvalue weighted by Crippen LogP contribution is 2.36. The van der Waals surface area contributed by atoms with Crippen LogP contribution in [0.15, 0.2) is 54.7 Å². The van der Waals surface area contributed by atoms with Crippen LogP contribution in [0.1, 0.15) is 48.3 Å². The van der Waals surface area contributed by atoms with Crippen LogP contribution in [-0.4, -0.2) is 28.2 Å². The smallest absolute Gasteiger partial charge is 0.255 e. The number of rotatable bonds is 4. The summed E-state index contributed by atoms with van der Waals surface area (Å²) in [5.41, 5.74) is 3.38. The normalized spacial score (nSPS) is 16.5. The van der Waals surface area contributed by atoms with Crippen molar-refractivity contribution >= 4 is 22.7 Å². The van der Waals surface area contributed by atoms with E-state index in [1.165, 1.54) is 0 Å². The Morgan fingerprint density at radius 1 is 1.11 bits per heavy atom. The number of para-hydroxylation sites is 1. The number of fused-ring (bicyclic) bond motifs is 2. The molecule has 1 aromatic heterocycles. The maximum atomic E-state index is 13.2. The lowest BCUT2D eigenvalue weighted by molar-refractivity contribution is -0.126. The maximum absolute atomic E-state index is 13.2. The second-order valence-corrected chi connectivity index (χ2v) is 8.56. The minimum atomic E-state index is -0.590. The third-order valence-corrected chi connectivity index (χ3v) is 5.08. The van der Waals surface area contributed by atoms with Crippen LogP contribution in [0.25, 0.3) is 10.9 Å². The lowest BCUT2D eigenvalue weighted by Gasteiger charge is -2.31. The fraction of sp³-hybridized carbons (Fsp3) is 0.304. The second-order valence-electron chi connectivity index (χ2n) is 8.56. The van der Waals surface area contributed by atoms with Crippen molar-refractivity contribution in [3.63, 3.8) is 0 Å². The van der Waals surface area contributed by atoms with Crippen molar-refractivity contribution in [3.8, 4) is 0 Å². The third-order valence-electron chi connectivity index (χ3n) is 5.08. The summed E-state index contributed by atoms with van der Waals surface area (Å²) in [7, 11) is 0. The largest absolute Gasteiger partial charge is 0.361 e. The topological polar surface area (TPSA) is 65.2 Å². The number of hydrogen-bond donors (Lipinski definition) is 2. The molecule has 1 atom stereocenters. The number of carbonyl (C=O) groups excluding carboxylic acids is 2. The minimum Gasteiger partial charge on any atom is -0.361 e. The van der Waals surface area contributed by atoms with Gasteiger partial charge in [-0.3, -0.25) is 9.59 Å². The fourth-order valence-electron chi connectivity index (χ4n) is 3.88. The van der Waals surface area contributed by atoms with Crippen LogP contribution in [0.3, 0.4) is 0 Å². The molecule has 3 aromatic rings. The van der Waals surface area contributed by atoms with E-state index >= 15 is 0 Å². The van der Waals surface area contributed by atoms with E-state index in [9.17, 15) is 9.59 Å². The molecule has 0 saturated heterocycles. The highest BCUT2D eigenvalue weighted by atomic mass is 16.2. The molecule has 144 valence electrons. The molecule has 0 fully saturated rings. The number of hydrogen-bond acceptors (Lipinski definition) is 2. The SMILES string of the molecule is CC(C)(C)CN1C(=O)c2ccccc2C1C(=O)NCc1c[nH]c2ccccc12. The van der Waals surface area contributed by atoms with Crippen molar-refractivity contribution in [3.05, 3.63) is 71.4 Å². The number of nitrogens with zero attached hydrogens (tertiary/aromatic N) is 1. The van der Waals surface area contributed by atoms with Gasteiger partial charge in [-0.25, -0.2) is 0 Å². The summed E-state index contributed by atoms with van der Waals surface area (Å²) >= 11 is 0. The molecule has 2 aromatic carbocycles. The molecule has 0 spiro atoms. The zero-order valence-corrected chi connectivity index (χ0v) is 16.5. The summed E-state index contributed by atoms with van der Waals surface area (Å²) in [6.45, 7) is 7.16. The van der Waals surface area contributed by atoms with Crippen LogP contribution in [0, 0.1) is 5.41 Å². The summed E-state index contributed by atoms with van der Waals surface area (Å²) in [4.78, 5) is 31.0. The molecule has 0 saturated carbocycles. The van der Waals surface area contributed by atoms with Gasteiger partial charge in [0, 0.05) is 35.8 Å². The highest BCUT2D eigenvalue weighted by molar-refractivity contribution is 6.04. The van der Waals surface area contributed by atoms with Gasteiger partial charge in [-0.05, 0) is 28.7 Å². The zero-order valence-electron chi connectivity index (χ0n) is 16.5. The van der Waals surface area contributed by atoms with Crippen molar-refractivity contribution < 1.29 is 9.59 Å². The molecule has 28 heavy (non-hydrogen) atoms. The highest BCUT2D eigenvalue weighted by Gasteiger charge is 2.42. The van der Waals surface area contributed by atoms with Gasteiger partial charge in [-0.15, -0.1) is 0 Å². The monoisotopic (exact) mass is 375 g/mol. The van der Waals surface area contributed by atoms with E-state index < -0.39 is 6.04 Å². The minimum absolute atomic E-state index is 0.0715. The van der Waals surface area contributed by atoms with Crippen molar-refractivity contribution in [2.45, 2.75) is 33.4 Å². The Kier molecular flexibility index (Phi) is 4.46. The van der Waals surface area contributed by atoms with E-state index in [1.807, 2.05) is 48.7 Å². The molecule has 5 nitrogen and oxygen atoms in total. The number of amides is 2.